The van der Waals surface area contributed by atoms with Crippen LogP contribution in [0.15, 0.2) is 36.5 Å². The monoisotopic (exact) mass is 269 g/mol. The van der Waals surface area contributed by atoms with Gasteiger partial charge in [-0.1, -0.05) is 12.1 Å². The van der Waals surface area contributed by atoms with E-state index in [4.69, 9.17) is 0 Å². The number of hydrogen-bond acceptors (Lipinski definition) is 2. The molecule has 19 heavy (non-hydrogen) atoms. The van der Waals surface area contributed by atoms with Crippen molar-refractivity contribution < 1.29 is 22.4 Å². The molecule has 2 aromatic rings. The number of aromatic nitrogens is 1. The lowest BCUT2D eigenvalue weighted by atomic mass is 10.0. The Balaban J connectivity index is 2.48. The number of rotatable bonds is 2. The second-order valence-electron chi connectivity index (χ2n) is 3.78. The Kier molecular flexibility index (Phi) is 3.33. The Bertz CT molecular complexity index is 605. The minimum atomic E-state index is -4.44. The van der Waals surface area contributed by atoms with Crippen molar-refractivity contribution in [3.05, 3.63) is 53.6 Å². The topological polar surface area (TPSA) is 30.0 Å². The number of pyridine rings is 1. The van der Waals surface area contributed by atoms with Crippen LogP contribution in [0.5, 0.6) is 0 Å². The van der Waals surface area contributed by atoms with E-state index < -0.39 is 17.6 Å². The molecule has 0 fully saturated rings. The molecule has 0 saturated carbocycles. The van der Waals surface area contributed by atoms with Crippen LogP contribution in [0.4, 0.5) is 17.6 Å². The summed E-state index contributed by atoms with van der Waals surface area (Å²) in [5, 5.41) is 0. The molecule has 6 heteroatoms. The molecule has 1 heterocycles. The third kappa shape index (κ3) is 2.78. The van der Waals surface area contributed by atoms with Crippen LogP contribution in [0.2, 0.25) is 0 Å². The van der Waals surface area contributed by atoms with Crippen molar-refractivity contribution in [1.82, 2.24) is 4.98 Å². The molecule has 0 spiro atoms. The van der Waals surface area contributed by atoms with E-state index >= 15 is 0 Å². The third-order valence-electron chi connectivity index (χ3n) is 2.52. The van der Waals surface area contributed by atoms with E-state index in [1.807, 2.05) is 0 Å². The first-order chi connectivity index (χ1) is 8.91. The van der Waals surface area contributed by atoms with Gasteiger partial charge in [0.15, 0.2) is 6.29 Å². The Morgan fingerprint density at radius 3 is 2.26 bits per heavy atom. The van der Waals surface area contributed by atoms with Crippen molar-refractivity contribution in [2.24, 2.45) is 0 Å². The summed E-state index contributed by atoms with van der Waals surface area (Å²) in [6.07, 6.45) is -3.14. The molecule has 0 aliphatic carbocycles. The van der Waals surface area contributed by atoms with Gasteiger partial charge >= 0.3 is 6.18 Å². The van der Waals surface area contributed by atoms with Gasteiger partial charge in [-0.2, -0.15) is 13.2 Å². The van der Waals surface area contributed by atoms with Crippen LogP contribution >= 0.6 is 0 Å². The molecule has 98 valence electrons. The minimum absolute atomic E-state index is 0.0267. The van der Waals surface area contributed by atoms with Crippen molar-refractivity contribution in [3.8, 4) is 11.1 Å². The molecule has 0 atom stereocenters. The van der Waals surface area contributed by atoms with Gasteiger partial charge in [0.05, 0.1) is 11.8 Å². The summed E-state index contributed by atoms with van der Waals surface area (Å²) < 4.78 is 50.3. The van der Waals surface area contributed by atoms with E-state index in [0.717, 1.165) is 24.4 Å². The molecule has 0 N–H and O–H groups in total. The van der Waals surface area contributed by atoms with Gasteiger partial charge in [0.25, 0.3) is 0 Å². The molecule has 1 aromatic carbocycles. The standard InChI is InChI=1S/C13H7F4NO/c14-10-5-11(12(7-19)18-6-10)8-1-3-9(4-2-8)13(15,16)17/h1-7H. The normalized spacial score (nSPS) is 11.4. The van der Waals surface area contributed by atoms with Gasteiger partial charge in [-0.25, -0.2) is 9.37 Å². The van der Waals surface area contributed by atoms with Crippen LogP contribution in [0.25, 0.3) is 11.1 Å². The minimum Gasteiger partial charge on any atom is -0.296 e. The van der Waals surface area contributed by atoms with Gasteiger partial charge in [0, 0.05) is 5.56 Å². The van der Waals surface area contributed by atoms with E-state index in [-0.39, 0.29) is 11.3 Å². The van der Waals surface area contributed by atoms with Gasteiger partial charge in [-0.05, 0) is 23.8 Å². The summed E-state index contributed by atoms with van der Waals surface area (Å²) in [5.74, 6) is -0.666. The maximum absolute atomic E-state index is 13.1. The van der Waals surface area contributed by atoms with Crippen LogP contribution in [0.3, 0.4) is 0 Å². The summed E-state index contributed by atoms with van der Waals surface area (Å²) >= 11 is 0. The molecule has 0 radical (unpaired) electrons. The molecule has 0 aliphatic rings. The Hall–Kier alpha value is -2.24. The molecule has 0 amide bonds. The molecular weight excluding hydrogens is 262 g/mol. The van der Waals surface area contributed by atoms with Gasteiger partial charge in [0.2, 0.25) is 0 Å². The van der Waals surface area contributed by atoms with Gasteiger partial charge in [0.1, 0.15) is 11.5 Å². The second-order valence-corrected chi connectivity index (χ2v) is 3.78. The Morgan fingerprint density at radius 1 is 1.11 bits per heavy atom. The Labute approximate surface area is 105 Å². The van der Waals surface area contributed by atoms with Crippen molar-refractivity contribution >= 4 is 6.29 Å². The summed E-state index contributed by atoms with van der Waals surface area (Å²) in [6, 6.07) is 5.14. The zero-order chi connectivity index (χ0) is 14.0. The smallest absolute Gasteiger partial charge is 0.296 e. The van der Waals surface area contributed by atoms with Crippen molar-refractivity contribution in [3.63, 3.8) is 0 Å². The lowest BCUT2D eigenvalue weighted by Crippen LogP contribution is -2.04. The van der Waals surface area contributed by atoms with Crippen LogP contribution in [0.1, 0.15) is 16.1 Å². The molecule has 0 unspecified atom stereocenters. The van der Waals surface area contributed by atoms with Crippen LogP contribution in [-0.4, -0.2) is 11.3 Å². The highest BCUT2D eigenvalue weighted by Crippen LogP contribution is 2.31. The quantitative estimate of drug-likeness (QED) is 0.614. The van der Waals surface area contributed by atoms with Crippen LogP contribution in [-0.2, 0) is 6.18 Å². The maximum atomic E-state index is 13.1. The molecule has 1 aromatic heterocycles. The first kappa shape index (κ1) is 13.2. The molecule has 0 aliphatic heterocycles. The predicted molar refractivity (Wildman–Crippen MR) is 60.0 cm³/mol. The fourth-order valence-corrected chi connectivity index (χ4v) is 1.61. The highest BCUT2D eigenvalue weighted by atomic mass is 19.4. The number of carbonyl (C=O) groups is 1. The third-order valence-corrected chi connectivity index (χ3v) is 2.52. The lowest BCUT2D eigenvalue weighted by molar-refractivity contribution is -0.137. The summed E-state index contributed by atoms with van der Waals surface area (Å²) in [6.45, 7) is 0. The van der Waals surface area contributed by atoms with E-state index in [9.17, 15) is 22.4 Å². The average molecular weight is 269 g/mol. The summed E-state index contributed by atoms with van der Waals surface area (Å²) in [4.78, 5) is 14.4. The summed E-state index contributed by atoms with van der Waals surface area (Å²) in [7, 11) is 0. The van der Waals surface area contributed by atoms with Gasteiger partial charge < -0.3 is 0 Å². The number of carbonyl (C=O) groups excluding carboxylic acids is 1. The van der Waals surface area contributed by atoms with Gasteiger partial charge in [-0.15, -0.1) is 0 Å². The first-order valence-electron chi connectivity index (χ1n) is 5.20. The molecule has 0 saturated heterocycles. The van der Waals surface area contributed by atoms with Crippen LogP contribution in [0, 0.1) is 5.82 Å². The number of hydrogen-bond donors (Lipinski definition) is 0. The molecular formula is C13H7F4NO. The number of nitrogens with zero attached hydrogens (tertiary/aromatic N) is 1. The van der Waals surface area contributed by atoms with Crippen molar-refractivity contribution in [2.45, 2.75) is 6.18 Å². The second kappa shape index (κ2) is 4.79. The van der Waals surface area contributed by atoms with Crippen LogP contribution < -0.4 is 0 Å². The number of benzene rings is 1. The highest BCUT2D eigenvalue weighted by Gasteiger charge is 2.30. The van der Waals surface area contributed by atoms with E-state index in [1.165, 1.54) is 12.1 Å². The zero-order valence-corrected chi connectivity index (χ0v) is 9.41. The highest BCUT2D eigenvalue weighted by molar-refractivity contribution is 5.85. The molecule has 0 bridgehead atoms. The first-order valence-corrected chi connectivity index (χ1v) is 5.20. The van der Waals surface area contributed by atoms with E-state index in [2.05, 4.69) is 4.98 Å². The van der Waals surface area contributed by atoms with Crippen molar-refractivity contribution in [2.75, 3.05) is 0 Å². The Morgan fingerprint density at radius 2 is 1.74 bits per heavy atom. The predicted octanol–water partition coefficient (Wildman–Crippen LogP) is 3.72. The lowest BCUT2D eigenvalue weighted by Gasteiger charge is -2.08. The number of halogens is 4. The number of alkyl halides is 3. The largest absolute Gasteiger partial charge is 0.416 e. The van der Waals surface area contributed by atoms with Crippen molar-refractivity contribution in [1.29, 1.82) is 0 Å². The molecule has 2 rings (SSSR count). The maximum Gasteiger partial charge on any atom is 0.416 e. The fraction of sp³-hybridized carbons (Fsp3) is 0.0769. The van der Waals surface area contributed by atoms with E-state index in [0.29, 0.717) is 11.8 Å². The average Bonchev–Trinajstić information content (AvgIpc) is 2.38. The van der Waals surface area contributed by atoms with E-state index in [1.54, 1.807) is 0 Å². The molecule has 2 nitrogen and oxygen atoms in total. The fourth-order valence-electron chi connectivity index (χ4n) is 1.61. The zero-order valence-electron chi connectivity index (χ0n) is 9.41. The van der Waals surface area contributed by atoms with Gasteiger partial charge in [-0.3, -0.25) is 4.79 Å². The SMILES string of the molecule is O=Cc1ncc(F)cc1-c1ccc(C(F)(F)F)cc1. The number of aldehydes is 1. The summed E-state index contributed by atoms with van der Waals surface area (Å²) in [5.41, 5.74) is -0.389.